The SMILES string of the molecule is CCC(N)Cc1c(Cl)cccc1OCc1ncccn1. The van der Waals surface area contributed by atoms with E-state index in [-0.39, 0.29) is 6.04 Å². The summed E-state index contributed by atoms with van der Waals surface area (Å²) in [6, 6.07) is 7.46. The number of hydrogen-bond acceptors (Lipinski definition) is 4. The normalized spacial score (nSPS) is 12.2. The van der Waals surface area contributed by atoms with Gasteiger partial charge in [0.25, 0.3) is 0 Å². The molecular formula is C15H18ClN3O. The van der Waals surface area contributed by atoms with E-state index in [9.17, 15) is 0 Å². The summed E-state index contributed by atoms with van der Waals surface area (Å²) in [6.45, 7) is 2.37. The Morgan fingerprint density at radius 1 is 1.25 bits per heavy atom. The second kappa shape index (κ2) is 7.22. The molecule has 2 rings (SSSR count). The first-order chi connectivity index (χ1) is 9.70. The number of rotatable bonds is 6. The van der Waals surface area contributed by atoms with Crippen molar-refractivity contribution < 1.29 is 4.74 Å². The van der Waals surface area contributed by atoms with Crippen molar-refractivity contribution in [2.24, 2.45) is 5.73 Å². The van der Waals surface area contributed by atoms with E-state index < -0.39 is 0 Å². The van der Waals surface area contributed by atoms with Gasteiger partial charge in [-0.2, -0.15) is 0 Å². The van der Waals surface area contributed by atoms with Gasteiger partial charge in [-0.05, 0) is 31.0 Å². The second-order valence-corrected chi connectivity index (χ2v) is 4.95. The fourth-order valence-corrected chi connectivity index (χ4v) is 2.07. The van der Waals surface area contributed by atoms with Gasteiger partial charge in [0.05, 0.1) is 0 Å². The van der Waals surface area contributed by atoms with Crippen molar-refractivity contribution in [3.05, 3.63) is 53.1 Å². The van der Waals surface area contributed by atoms with E-state index in [1.807, 2.05) is 18.2 Å². The smallest absolute Gasteiger partial charge is 0.166 e. The molecule has 0 spiro atoms. The lowest BCUT2D eigenvalue weighted by Crippen LogP contribution is -2.22. The van der Waals surface area contributed by atoms with Crippen LogP contribution in [-0.2, 0) is 13.0 Å². The van der Waals surface area contributed by atoms with Gasteiger partial charge >= 0.3 is 0 Å². The van der Waals surface area contributed by atoms with Gasteiger partial charge in [0, 0.05) is 29.0 Å². The van der Waals surface area contributed by atoms with Gasteiger partial charge < -0.3 is 10.5 Å². The summed E-state index contributed by atoms with van der Waals surface area (Å²) in [5, 5.41) is 0.681. The molecule has 0 saturated carbocycles. The lowest BCUT2D eigenvalue weighted by Gasteiger charge is -2.15. The fraction of sp³-hybridized carbons (Fsp3) is 0.333. The van der Waals surface area contributed by atoms with Crippen LogP contribution in [0.1, 0.15) is 24.7 Å². The Morgan fingerprint density at radius 2 is 2.00 bits per heavy atom. The zero-order chi connectivity index (χ0) is 14.4. The van der Waals surface area contributed by atoms with Crippen LogP contribution in [0.3, 0.4) is 0 Å². The van der Waals surface area contributed by atoms with Crippen LogP contribution in [0.4, 0.5) is 0 Å². The fourth-order valence-electron chi connectivity index (χ4n) is 1.83. The Balaban J connectivity index is 2.12. The van der Waals surface area contributed by atoms with Crippen molar-refractivity contribution in [3.63, 3.8) is 0 Å². The topological polar surface area (TPSA) is 61.0 Å². The largest absolute Gasteiger partial charge is 0.485 e. The molecule has 0 saturated heterocycles. The van der Waals surface area contributed by atoms with E-state index in [4.69, 9.17) is 22.1 Å². The molecule has 0 fully saturated rings. The first kappa shape index (κ1) is 14.8. The molecular weight excluding hydrogens is 274 g/mol. The van der Waals surface area contributed by atoms with Crippen molar-refractivity contribution in [2.45, 2.75) is 32.4 Å². The molecule has 0 aliphatic rings. The number of ether oxygens (including phenoxy) is 1. The van der Waals surface area contributed by atoms with Gasteiger partial charge in [0.2, 0.25) is 0 Å². The van der Waals surface area contributed by atoms with E-state index in [0.29, 0.717) is 23.9 Å². The minimum atomic E-state index is 0.0743. The van der Waals surface area contributed by atoms with E-state index in [1.54, 1.807) is 18.5 Å². The molecule has 0 aliphatic carbocycles. The monoisotopic (exact) mass is 291 g/mol. The molecule has 20 heavy (non-hydrogen) atoms. The van der Waals surface area contributed by atoms with E-state index in [0.717, 1.165) is 17.7 Å². The van der Waals surface area contributed by atoms with Crippen LogP contribution in [0, 0.1) is 0 Å². The number of halogens is 1. The molecule has 1 aromatic heterocycles. The molecule has 0 radical (unpaired) electrons. The maximum Gasteiger partial charge on any atom is 0.166 e. The molecule has 5 heteroatoms. The van der Waals surface area contributed by atoms with Crippen molar-refractivity contribution >= 4 is 11.6 Å². The molecule has 0 amide bonds. The van der Waals surface area contributed by atoms with Crippen LogP contribution >= 0.6 is 11.6 Å². The number of aromatic nitrogens is 2. The minimum Gasteiger partial charge on any atom is -0.485 e. The Morgan fingerprint density at radius 3 is 2.70 bits per heavy atom. The van der Waals surface area contributed by atoms with Gasteiger partial charge in [-0.25, -0.2) is 9.97 Å². The molecule has 1 unspecified atom stereocenters. The third-order valence-corrected chi connectivity index (χ3v) is 3.40. The molecule has 106 valence electrons. The number of nitrogens with zero attached hydrogens (tertiary/aromatic N) is 2. The minimum absolute atomic E-state index is 0.0743. The Labute approximate surface area is 124 Å². The Bertz CT molecular complexity index is 548. The summed E-state index contributed by atoms with van der Waals surface area (Å²) in [5.74, 6) is 1.38. The molecule has 1 atom stereocenters. The first-order valence-electron chi connectivity index (χ1n) is 6.62. The number of benzene rings is 1. The van der Waals surface area contributed by atoms with Crippen molar-refractivity contribution in [2.75, 3.05) is 0 Å². The third kappa shape index (κ3) is 3.92. The maximum absolute atomic E-state index is 6.25. The summed E-state index contributed by atoms with van der Waals surface area (Å²) in [6.07, 6.45) is 4.97. The number of hydrogen-bond donors (Lipinski definition) is 1. The zero-order valence-electron chi connectivity index (χ0n) is 11.4. The summed E-state index contributed by atoms with van der Waals surface area (Å²) in [5.41, 5.74) is 6.96. The molecule has 0 bridgehead atoms. The van der Waals surface area contributed by atoms with Gasteiger partial charge in [0.15, 0.2) is 5.82 Å². The van der Waals surface area contributed by atoms with E-state index in [2.05, 4.69) is 16.9 Å². The van der Waals surface area contributed by atoms with Crippen LogP contribution in [0.15, 0.2) is 36.7 Å². The zero-order valence-corrected chi connectivity index (χ0v) is 12.2. The maximum atomic E-state index is 6.25. The summed E-state index contributed by atoms with van der Waals surface area (Å²) < 4.78 is 5.78. The highest BCUT2D eigenvalue weighted by Gasteiger charge is 2.12. The molecule has 0 aliphatic heterocycles. The highest BCUT2D eigenvalue weighted by atomic mass is 35.5. The average molecular weight is 292 g/mol. The lowest BCUT2D eigenvalue weighted by atomic mass is 10.0. The molecule has 2 N–H and O–H groups in total. The predicted octanol–water partition coefficient (Wildman–Crippen LogP) is 2.99. The van der Waals surface area contributed by atoms with Crippen molar-refractivity contribution in [1.29, 1.82) is 0 Å². The highest BCUT2D eigenvalue weighted by Crippen LogP contribution is 2.28. The van der Waals surface area contributed by atoms with Crippen molar-refractivity contribution in [1.82, 2.24) is 9.97 Å². The molecule has 1 heterocycles. The van der Waals surface area contributed by atoms with E-state index >= 15 is 0 Å². The number of nitrogens with two attached hydrogens (primary N) is 1. The lowest BCUT2D eigenvalue weighted by molar-refractivity contribution is 0.292. The van der Waals surface area contributed by atoms with Crippen LogP contribution in [0.25, 0.3) is 0 Å². The van der Waals surface area contributed by atoms with Gasteiger partial charge in [-0.1, -0.05) is 24.6 Å². The van der Waals surface area contributed by atoms with Crippen LogP contribution < -0.4 is 10.5 Å². The Hall–Kier alpha value is -1.65. The highest BCUT2D eigenvalue weighted by molar-refractivity contribution is 6.31. The molecule has 1 aromatic carbocycles. The van der Waals surface area contributed by atoms with Gasteiger partial charge in [-0.15, -0.1) is 0 Å². The second-order valence-electron chi connectivity index (χ2n) is 4.54. The standard InChI is InChI=1S/C15H18ClN3O/c1-2-11(17)9-12-13(16)5-3-6-14(12)20-10-15-18-7-4-8-19-15/h3-8,11H,2,9-10,17H2,1H3. The Kier molecular flexibility index (Phi) is 5.32. The van der Waals surface area contributed by atoms with Crippen LogP contribution in [0.5, 0.6) is 5.75 Å². The first-order valence-corrected chi connectivity index (χ1v) is 7.00. The van der Waals surface area contributed by atoms with Crippen LogP contribution in [-0.4, -0.2) is 16.0 Å². The molecule has 4 nitrogen and oxygen atoms in total. The summed E-state index contributed by atoms with van der Waals surface area (Å²) in [4.78, 5) is 8.26. The predicted molar refractivity (Wildman–Crippen MR) is 79.8 cm³/mol. The van der Waals surface area contributed by atoms with Crippen LogP contribution in [0.2, 0.25) is 5.02 Å². The molecule has 2 aromatic rings. The average Bonchev–Trinajstić information content (AvgIpc) is 2.48. The van der Waals surface area contributed by atoms with Gasteiger partial charge in [0.1, 0.15) is 12.4 Å². The quantitative estimate of drug-likeness (QED) is 0.889. The third-order valence-electron chi connectivity index (χ3n) is 3.04. The van der Waals surface area contributed by atoms with Crippen molar-refractivity contribution in [3.8, 4) is 5.75 Å². The van der Waals surface area contributed by atoms with Gasteiger partial charge in [-0.3, -0.25) is 0 Å². The van der Waals surface area contributed by atoms with E-state index in [1.165, 1.54) is 0 Å². The summed E-state index contributed by atoms with van der Waals surface area (Å²) in [7, 11) is 0. The summed E-state index contributed by atoms with van der Waals surface area (Å²) >= 11 is 6.25.